The van der Waals surface area contributed by atoms with E-state index >= 15 is 0 Å². The first-order valence-corrected chi connectivity index (χ1v) is 11.3. The van der Waals surface area contributed by atoms with Crippen molar-refractivity contribution in [2.45, 2.75) is 46.5 Å². The van der Waals surface area contributed by atoms with E-state index < -0.39 is 10.2 Å². The molecule has 0 radical (unpaired) electrons. The standard InChI is InChI=1S/C20H31N3O3S/c1-15-6-9-22(10-7-15)27(25,26)23-8-4-5-18(14-23)20(24)21-19-12-16(2)11-17(3)13-19/h11-13,15,18H,4-10,14H2,1-3H3,(H,21,24). The lowest BCUT2D eigenvalue weighted by molar-refractivity contribution is -0.120. The second kappa shape index (κ2) is 8.29. The number of rotatable bonds is 4. The van der Waals surface area contributed by atoms with Crippen LogP contribution in [0.3, 0.4) is 0 Å². The van der Waals surface area contributed by atoms with Gasteiger partial charge in [-0.15, -0.1) is 0 Å². The summed E-state index contributed by atoms with van der Waals surface area (Å²) in [6, 6.07) is 5.94. The van der Waals surface area contributed by atoms with Gasteiger partial charge in [-0.3, -0.25) is 4.79 Å². The zero-order valence-electron chi connectivity index (χ0n) is 16.6. The molecule has 6 nitrogen and oxygen atoms in total. The highest BCUT2D eigenvalue weighted by atomic mass is 32.2. The molecule has 2 fully saturated rings. The summed E-state index contributed by atoms with van der Waals surface area (Å²) < 4.78 is 29.1. The average Bonchev–Trinajstić information content (AvgIpc) is 2.61. The zero-order chi connectivity index (χ0) is 19.6. The largest absolute Gasteiger partial charge is 0.326 e. The zero-order valence-corrected chi connectivity index (χ0v) is 17.4. The summed E-state index contributed by atoms with van der Waals surface area (Å²) in [6.07, 6.45) is 3.25. The molecule has 1 N–H and O–H groups in total. The molecule has 1 atom stereocenters. The van der Waals surface area contributed by atoms with E-state index in [0.717, 1.165) is 36.1 Å². The lowest BCUT2D eigenvalue weighted by Crippen LogP contribution is -2.51. The van der Waals surface area contributed by atoms with Gasteiger partial charge in [0.15, 0.2) is 0 Å². The van der Waals surface area contributed by atoms with Crippen LogP contribution >= 0.6 is 0 Å². The van der Waals surface area contributed by atoms with Crippen LogP contribution in [0.25, 0.3) is 0 Å². The van der Waals surface area contributed by atoms with E-state index in [1.54, 1.807) is 4.31 Å². The molecule has 2 heterocycles. The van der Waals surface area contributed by atoms with Crippen LogP contribution in [-0.4, -0.2) is 49.1 Å². The Morgan fingerprint density at radius 1 is 1.00 bits per heavy atom. The molecule has 2 saturated heterocycles. The van der Waals surface area contributed by atoms with Crippen molar-refractivity contribution in [2.75, 3.05) is 31.5 Å². The van der Waals surface area contributed by atoms with Crippen molar-refractivity contribution in [1.29, 1.82) is 0 Å². The number of nitrogens with zero attached hydrogens (tertiary/aromatic N) is 2. The second-order valence-corrected chi connectivity index (χ2v) is 10.1. The van der Waals surface area contributed by atoms with Crippen molar-refractivity contribution >= 4 is 21.8 Å². The maximum absolute atomic E-state index is 13.0. The third-order valence-corrected chi connectivity index (χ3v) is 7.64. The molecule has 150 valence electrons. The molecule has 1 amide bonds. The number of hydrogen-bond acceptors (Lipinski definition) is 3. The summed E-state index contributed by atoms with van der Waals surface area (Å²) in [5, 5.41) is 2.98. The minimum absolute atomic E-state index is 0.0906. The topological polar surface area (TPSA) is 69.7 Å². The molecule has 2 aliphatic heterocycles. The van der Waals surface area contributed by atoms with Gasteiger partial charge in [0.2, 0.25) is 5.91 Å². The average molecular weight is 394 g/mol. The van der Waals surface area contributed by atoms with Gasteiger partial charge in [0.05, 0.1) is 5.92 Å². The molecule has 0 aliphatic carbocycles. The van der Waals surface area contributed by atoms with E-state index in [1.165, 1.54) is 4.31 Å². The molecule has 0 saturated carbocycles. The Morgan fingerprint density at radius 2 is 1.63 bits per heavy atom. The number of piperidine rings is 2. The summed E-state index contributed by atoms with van der Waals surface area (Å²) in [5.74, 6) is 0.180. The van der Waals surface area contributed by atoms with Gasteiger partial charge in [-0.1, -0.05) is 13.0 Å². The lowest BCUT2D eigenvalue weighted by Gasteiger charge is -2.37. The Balaban J connectivity index is 1.65. The first-order chi connectivity index (χ1) is 12.8. The Labute approximate surface area is 163 Å². The molecular formula is C20H31N3O3S. The minimum Gasteiger partial charge on any atom is -0.326 e. The van der Waals surface area contributed by atoms with Crippen LogP contribution in [0.2, 0.25) is 0 Å². The van der Waals surface area contributed by atoms with E-state index in [9.17, 15) is 13.2 Å². The third-order valence-electron chi connectivity index (χ3n) is 5.64. The van der Waals surface area contributed by atoms with Gasteiger partial charge in [-0.2, -0.15) is 17.0 Å². The van der Waals surface area contributed by atoms with Gasteiger partial charge >= 0.3 is 0 Å². The van der Waals surface area contributed by atoms with E-state index in [2.05, 4.69) is 18.3 Å². The summed E-state index contributed by atoms with van der Waals surface area (Å²) in [7, 11) is -3.47. The molecule has 7 heteroatoms. The van der Waals surface area contributed by atoms with Crippen LogP contribution in [-0.2, 0) is 15.0 Å². The number of carbonyl (C=O) groups excluding carboxylic acids is 1. The van der Waals surface area contributed by atoms with Crippen molar-refractivity contribution < 1.29 is 13.2 Å². The molecule has 3 rings (SSSR count). The van der Waals surface area contributed by atoms with Gasteiger partial charge in [0.1, 0.15) is 0 Å². The van der Waals surface area contributed by atoms with Crippen molar-refractivity contribution in [3.05, 3.63) is 29.3 Å². The molecule has 0 spiro atoms. The highest BCUT2D eigenvalue weighted by Gasteiger charge is 2.37. The smallest absolute Gasteiger partial charge is 0.281 e. The predicted molar refractivity (Wildman–Crippen MR) is 108 cm³/mol. The molecule has 1 unspecified atom stereocenters. The van der Waals surface area contributed by atoms with Gasteiger partial charge in [0, 0.05) is 31.9 Å². The van der Waals surface area contributed by atoms with Crippen molar-refractivity contribution in [2.24, 2.45) is 11.8 Å². The van der Waals surface area contributed by atoms with Crippen LogP contribution in [0, 0.1) is 25.7 Å². The number of hydrogen-bond donors (Lipinski definition) is 1. The number of aryl methyl sites for hydroxylation is 2. The molecule has 0 aromatic heterocycles. The molecule has 27 heavy (non-hydrogen) atoms. The second-order valence-electron chi connectivity index (χ2n) is 8.15. The van der Waals surface area contributed by atoms with E-state index in [-0.39, 0.29) is 18.4 Å². The molecule has 2 aliphatic rings. The quantitative estimate of drug-likeness (QED) is 0.855. The fourth-order valence-electron chi connectivity index (χ4n) is 4.04. The third kappa shape index (κ3) is 4.89. The van der Waals surface area contributed by atoms with Gasteiger partial charge in [0.25, 0.3) is 10.2 Å². The number of carbonyl (C=O) groups is 1. The fraction of sp³-hybridized carbons (Fsp3) is 0.650. The van der Waals surface area contributed by atoms with E-state index in [0.29, 0.717) is 32.0 Å². The van der Waals surface area contributed by atoms with Gasteiger partial charge in [-0.05, 0) is 68.7 Å². The molecule has 1 aromatic carbocycles. The van der Waals surface area contributed by atoms with Gasteiger partial charge in [-0.25, -0.2) is 0 Å². The summed E-state index contributed by atoms with van der Waals surface area (Å²) in [6.45, 7) is 8.10. The normalized spacial score (nSPS) is 23.3. The Bertz CT molecular complexity index is 765. The highest BCUT2D eigenvalue weighted by Crippen LogP contribution is 2.26. The predicted octanol–water partition coefficient (Wildman–Crippen LogP) is 2.93. The van der Waals surface area contributed by atoms with Crippen LogP contribution in [0.5, 0.6) is 0 Å². The number of amides is 1. The lowest BCUT2D eigenvalue weighted by atomic mass is 9.98. The first kappa shape index (κ1) is 20.3. The maximum atomic E-state index is 13.0. The first-order valence-electron chi connectivity index (χ1n) is 9.90. The monoisotopic (exact) mass is 393 g/mol. The molecular weight excluding hydrogens is 362 g/mol. The van der Waals surface area contributed by atoms with E-state index in [1.807, 2.05) is 26.0 Å². The SMILES string of the molecule is Cc1cc(C)cc(NC(=O)C2CCCN(S(=O)(=O)N3CCC(C)CC3)C2)c1. The molecule has 0 bridgehead atoms. The van der Waals surface area contributed by atoms with Crippen LogP contribution in [0.1, 0.15) is 43.7 Å². The Kier molecular flexibility index (Phi) is 6.23. The van der Waals surface area contributed by atoms with Crippen LogP contribution < -0.4 is 5.32 Å². The number of nitrogens with one attached hydrogen (secondary N) is 1. The number of anilines is 1. The summed E-state index contributed by atoms with van der Waals surface area (Å²) in [5.41, 5.74) is 2.97. The maximum Gasteiger partial charge on any atom is 0.281 e. The fourth-order valence-corrected chi connectivity index (χ4v) is 5.76. The minimum atomic E-state index is -3.47. The van der Waals surface area contributed by atoms with Crippen molar-refractivity contribution in [3.63, 3.8) is 0 Å². The van der Waals surface area contributed by atoms with Crippen LogP contribution in [0.4, 0.5) is 5.69 Å². The molecule has 1 aromatic rings. The van der Waals surface area contributed by atoms with Crippen molar-refractivity contribution in [1.82, 2.24) is 8.61 Å². The highest BCUT2D eigenvalue weighted by molar-refractivity contribution is 7.86. The number of benzene rings is 1. The summed E-state index contributed by atoms with van der Waals surface area (Å²) >= 11 is 0. The Hall–Kier alpha value is -1.44. The van der Waals surface area contributed by atoms with E-state index in [4.69, 9.17) is 0 Å². The van der Waals surface area contributed by atoms with Crippen molar-refractivity contribution in [3.8, 4) is 0 Å². The van der Waals surface area contributed by atoms with Gasteiger partial charge < -0.3 is 5.32 Å². The Morgan fingerprint density at radius 3 is 2.26 bits per heavy atom. The summed E-state index contributed by atoms with van der Waals surface area (Å²) in [4.78, 5) is 12.7. The van der Waals surface area contributed by atoms with Crippen LogP contribution in [0.15, 0.2) is 18.2 Å².